The lowest BCUT2D eigenvalue weighted by molar-refractivity contribution is 0.251. The van der Waals surface area contributed by atoms with Crippen molar-refractivity contribution in [3.05, 3.63) is 76.5 Å². The van der Waals surface area contributed by atoms with E-state index in [2.05, 4.69) is 15.7 Å². The predicted molar refractivity (Wildman–Crippen MR) is 95.9 cm³/mol. The summed E-state index contributed by atoms with van der Waals surface area (Å²) < 4.78 is 1.77. The number of nitrogens with zero attached hydrogens (tertiary/aromatic N) is 2. The van der Waals surface area contributed by atoms with Gasteiger partial charge in [-0.1, -0.05) is 35.3 Å². The summed E-state index contributed by atoms with van der Waals surface area (Å²) in [6.45, 7) is 0.409. The number of hydrogen-bond acceptors (Lipinski definition) is 2. The van der Waals surface area contributed by atoms with Crippen LogP contribution in [-0.2, 0) is 6.54 Å². The first-order chi connectivity index (χ1) is 11.6. The maximum absolute atomic E-state index is 11.9. The number of anilines is 1. The van der Waals surface area contributed by atoms with E-state index in [1.165, 1.54) is 0 Å². The van der Waals surface area contributed by atoms with Gasteiger partial charge in [-0.15, -0.1) is 0 Å². The van der Waals surface area contributed by atoms with Crippen molar-refractivity contribution in [1.29, 1.82) is 0 Å². The number of rotatable bonds is 4. The Hall–Kier alpha value is -2.50. The third-order valence-electron chi connectivity index (χ3n) is 3.34. The summed E-state index contributed by atoms with van der Waals surface area (Å²) in [7, 11) is 0. The number of halogens is 2. The van der Waals surface area contributed by atoms with Crippen LogP contribution in [0.1, 0.15) is 5.56 Å². The van der Waals surface area contributed by atoms with Gasteiger partial charge in [0.2, 0.25) is 0 Å². The molecular weight excluding hydrogens is 347 g/mol. The van der Waals surface area contributed by atoms with Crippen molar-refractivity contribution in [2.75, 3.05) is 5.32 Å². The van der Waals surface area contributed by atoms with Gasteiger partial charge in [0.05, 0.1) is 15.7 Å². The number of amides is 2. The summed E-state index contributed by atoms with van der Waals surface area (Å²) in [5.41, 5.74) is 2.52. The highest BCUT2D eigenvalue weighted by Crippen LogP contribution is 2.24. The second-order valence-corrected chi connectivity index (χ2v) is 5.87. The van der Waals surface area contributed by atoms with Crippen LogP contribution in [0.3, 0.4) is 0 Å². The van der Waals surface area contributed by atoms with Gasteiger partial charge in [0.1, 0.15) is 0 Å². The van der Waals surface area contributed by atoms with Crippen molar-refractivity contribution < 1.29 is 4.79 Å². The van der Waals surface area contributed by atoms with Crippen LogP contribution in [0.4, 0.5) is 10.5 Å². The lowest BCUT2D eigenvalue weighted by atomic mass is 10.2. The molecule has 0 bridgehead atoms. The molecule has 2 aromatic carbocycles. The number of hydrogen-bond donors (Lipinski definition) is 2. The number of aromatic nitrogens is 2. The van der Waals surface area contributed by atoms with Gasteiger partial charge in [0, 0.05) is 24.6 Å². The zero-order chi connectivity index (χ0) is 16.9. The molecule has 0 saturated carbocycles. The Morgan fingerprint density at radius 2 is 1.88 bits per heavy atom. The molecule has 3 rings (SSSR count). The molecule has 0 aliphatic heterocycles. The molecule has 7 heteroatoms. The minimum absolute atomic E-state index is 0.315. The van der Waals surface area contributed by atoms with Crippen LogP contribution in [0, 0.1) is 0 Å². The molecular formula is C17H14Cl2N4O. The van der Waals surface area contributed by atoms with Crippen LogP contribution in [0.15, 0.2) is 60.9 Å². The van der Waals surface area contributed by atoms with Gasteiger partial charge in [-0.2, -0.15) is 5.10 Å². The van der Waals surface area contributed by atoms with Crippen LogP contribution >= 0.6 is 23.2 Å². The maximum atomic E-state index is 11.9. The minimum Gasteiger partial charge on any atom is -0.334 e. The average molecular weight is 361 g/mol. The maximum Gasteiger partial charge on any atom is 0.319 e. The van der Waals surface area contributed by atoms with Gasteiger partial charge >= 0.3 is 6.03 Å². The molecule has 2 amide bonds. The van der Waals surface area contributed by atoms with Crippen LogP contribution in [0.2, 0.25) is 10.0 Å². The second kappa shape index (κ2) is 7.38. The molecule has 5 nitrogen and oxygen atoms in total. The highest BCUT2D eigenvalue weighted by atomic mass is 35.5. The molecule has 0 fully saturated rings. The third-order valence-corrected chi connectivity index (χ3v) is 4.07. The molecule has 24 heavy (non-hydrogen) atoms. The first-order valence-corrected chi connectivity index (χ1v) is 7.96. The highest BCUT2D eigenvalue weighted by Gasteiger charge is 2.04. The lowest BCUT2D eigenvalue weighted by Crippen LogP contribution is -2.28. The quantitative estimate of drug-likeness (QED) is 0.719. The molecule has 0 aliphatic carbocycles. The molecule has 2 N–H and O–H groups in total. The largest absolute Gasteiger partial charge is 0.334 e. The number of benzene rings is 2. The van der Waals surface area contributed by atoms with Gasteiger partial charge < -0.3 is 10.6 Å². The van der Waals surface area contributed by atoms with Crippen molar-refractivity contribution in [3.63, 3.8) is 0 Å². The van der Waals surface area contributed by atoms with Gasteiger partial charge in [-0.3, -0.25) is 0 Å². The molecule has 0 atom stereocenters. The summed E-state index contributed by atoms with van der Waals surface area (Å²) in [6.07, 6.45) is 3.60. The monoisotopic (exact) mass is 360 g/mol. The van der Waals surface area contributed by atoms with Crippen LogP contribution < -0.4 is 10.6 Å². The molecule has 0 saturated heterocycles. The number of nitrogens with one attached hydrogen (secondary N) is 2. The zero-order valence-electron chi connectivity index (χ0n) is 12.5. The summed E-state index contributed by atoms with van der Waals surface area (Å²) in [5, 5.41) is 10.5. The number of carbonyl (C=O) groups is 1. The first kappa shape index (κ1) is 16.4. The summed E-state index contributed by atoms with van der Waals surface area (Å²) in [6, 6.07) is 14.2. The molecule has 0 unspecified atom stereocenters. The van der Waals surface area contributed by atoms with E-state index in [1.54, 1.807) is 29.1 Å². The van der Waals surface area contributed by atoms with Crippen molar-refractivity contribution >= 4 is 34.9 Å². The van der Waals surface area contributed by atoms with Crippen molar-refractivity contribution in [1.82, 2.24) is 15.1 Å². The Kier molecular flexibility index (Phi) is 5.03. The zero-order valence-corrected chi connectivity index (χ0v) is 14.1. The molecule has 0 aliphatic rings. The van der Waals surface area contributed by atoms with E-state index in [0.717, 1.165) is 11.3 Å². The normalized spacial score (nSPS) is 10.4. The molecule has 3 aromatic rings. The van der Waals surface area contributed by atoms with E-state index < -0.39 is 0 Å². The average Bonchev–Trinajstić information content (AvgIpc) is 3.11. The third kappa shape index (κ3) is 4.07. The summed E-state index contributed by atoms with van der Waals surface area (Å²) in [5.74, 6) is 0. The van der Waals surface area contributed by atoms with Crippen LogP contribution in [0.5, 0.6) is 0 Å². The SMILES string of the molecule is O=C(NCc1ccc(-n2cccn2)cc1)Nc1ccc(Cl)c(Cl)c1. The number of carbonyl (C=O) groups excluding carboxylic acids is 1. The molecule has 0 spiro atoms. The minimum atomic E-state index is -0.315. The second-order valence-electron chi connectivity index (χ2n) is 5.05. The van der Waals surface area contributed by atoms with E-state index in [9.17, 15) is 4.79 Å². The summed E-state index contributed by atoms with van der Waals surface area (Å²) >= 11 is 11.8. The molecule has 1 aromatic heterocycles. The van der Waals surface area contributed by atoms with Crippen molar-refractivity contribution in [3.8, 4) is 5.69 Å². The topological polar surface area (TPSA) is 59.0 Å². The van der Waals surface area contributed by atoms with Crippen LogP contribution in [0.25, 0.3) is 5.69 Å². The fourth-order valence-electron chi connectivity index (χ4n) is 2.12. The molecule has 0 radical (unpaired) electrons. The van der Waals surface area contributed by atoms with Crippen LogP contribution in [-0.4, -0.2) is 15.8 Å². The van der Waals surface area contributed by atoms with Gasteiger partial charge in [-0.05, 0) is 42.0 Å². The molecule has 1 heterocycles. The Morgan fingerprint density at radius 3 is 2.54 bits per heavy atom. The van der Waals surface area contributed by atoms with Gasteiger partial charge in [0.25, 0.3) is 0 Å². The number of urea groups is 1. The predicted octanol–water partition coefficient (Wildman–Crippen LogP) is 4.50. The Morgan fingerprint density at radius 1 is 1.08 bits per heavy atom. The van der Waals surface area contributed by atoms with Crippen molar-refractivity contribution in [2.24, 2.45) is 0 Å². The fourth-order valence-corrected chi connectivity index (χ4v) is 2.42. The Labute approximate surface area is 149 Å². The standard InChI is InChI=1S/C17H14Cl2N4O/c18-15-7-4-13(10-16(15)19)22-17(24)20-11-12-2-5-14(6-3-12)23-9-1-8-21-23/h1-10H,11H2,(H2,20,22,24). The summed E-state index contributed by atoms with van der Waals surface area (Å²) in [4.78, 5) is 11.9. The van der Waals surface area contributed by atoms with E-state index in [1.807, 2.05) is 36.5 Å². The van der Waals surface area contributed by atoms with E-state index >= 15 is 0 Å². The van der Waals surface area contributed by atoms with Gasteiger partial charge in [-0.25, -0.2) is 9.48 Å². The fraction of sp³-hybridized carbons (Fsp3) is 0.0588. The highest BCUT2D eigenvalue weighted by molar-refractivity contribution is 6.42. The molecule has 122 valence electrons. The lowest BCUT2D eigenvalue weighted by Gasteiger charge is -2.09. The van der Waals surface area contributed by atoms with Gasteiger partial charge in [0.15, 0.2) is 0 Å². The Bertz CT molecular complexity index is 832. The smallest absolute Gasteiger partial charge is 0.319 e. The Balaban J connectivity index is 1.55. The van der Waals surface area contributed by atoms with E-state index in [-0.39, 0.29) is 6.03 Å². The first-order valence-electron chi connectivity index (χ1n) is 7.21. The van der Waals surface area contributed by atoms with Crippen molar-refractivity contribution in [2.45, 2.75) is 6.54 Å². The van der Waals surface area contributed by atoms with E-state index in [0.29, 0.717) is 22.3 Å². The van der Waals surface area contributed by atoms with E-state index in [4.69, 9.17) is 23.2 Å².